The molecule has 16 heavy (non-hydrogen) atoms. The van der Waals surface area contributed by atoms with Crippen LogP contribution in [0.3, 0.4) is 0 Å². The Kier molecular flexibility index (Phi) is 3.58. The summed E-state index contributed by atoms with van der Waals surface area (Å²) in [5.74, 6) is 0.00867. The van der Waals surface area contributed by atoms with Gasteiger partial charge in [-0.05, 0) is 19.1 Å². The van der Waals surface area contributed by atoms with Crippen LogP contribution in [-0.2, 0) is 0 Å². The summed E-state index contributed by atoms with van der Waals surface area (Å²) in [6.07, 6.45) is 0. The highest BCUT2D eigenvalue weighted by molar-refractivity contribution is 8.01. The van der Waals surface area contributed by atoms with Crippen LogP contribution in [0.5, 0.6) is 0 Å². The zero-order valence-corrected chi connectivity index (χ0v) is 10.7. The number of nitrogens with zero attached hydrogens (tertiary/aromatic N) is 2. The molecular weight excluding hydrogens is 264 g/mol. The van der Waals surface area contributed by atoms with Gasteiger partial charge in [0, 0.05) is 10.5 Å². The van der Waals surface area contributed by atoms with Crippen LogP contribution in [0.25, 0.3) is 0 Å². The number of carbonyl (C=O) groups excluding carboxylic acids is 1. The van der Waals surface area contributed by atoms with E-state index in [1.54, 1.807) is 17.6 Å². The Labute approximate surface area is 106 Å². The van der Waals surface area contributed by atoms with Crippen LogP contribution in [0, 0.1) is 0 Å². The maximum Gasteiger partial charge on any atom is 0.178 e. The normalized spacial score (nSPS) is 10.4. The molecule has 1 heterocycles. The first-order chi connectivity index (χ1) is 7.66. The Bertz CT molecular complexity index is 514. The molecule has 0 fully saturated rings. The summed E-state index contributed by atoms with van der Waals surface area (Å²) in [6.45, 7) is 1.52. The minimum absolute atomic E-state index is 0.00867. The third-order valence-electron chi connectivity index (χ3n) is 1.88. The van der Waals surface area contributed by atoms with Gasteiger partial charge in [0.05, 0.1) is 5.02 Å². The van der Waals surface area contributed by atoms with Crippen LogP contribution < -0.4 is 0 Å². The number of benzene rings is 1. The molecule has 2 rings (SSSR count). The van der Waals surface area contributed by atoms with E-state index in [1.165, 1.54) is 30.0 Å². The van der Waals surface area contributed by atoms with Crippen LogP contribution in [0.15, 0.2) is 32.9 Å². The van der Waals surface area contributed by atoms with Crippen molar-refractivity contribution in [3.05, 3.63) is 34.3 Å². The summed E-state index contributed by atoms with van der Waals surface area (Å²) in [5.41, 5.74) is 2.28. The van der Waals surface area contributed by atoms with Gasteiger partial charge in [-0.15, -0.1) is 10.2 Å². The van der Waals surface area contributed by atoms with E-state index in [4.69, 9.17) is 11.6 Å². The minimum Gasteiger partial charge on any atom is -0.295 e. The van der Waals surface area contributed by atoms with Crippen molar-refractivity contribution in [1.29, 1.82) is 0 Å². The average molecular weight is 271 g/mol. The van der Waals surface area contributed by atoms with Gasteiger partial charge < -0.3 is 0 Å². The number of rotatable bonds is 3. The second kappa shape index (κ2) is 4.95. The molecule has 1 aromatic carbocycles. The summed E-state index contributed by atoms with van der Waals surface area (Å²) in [6, 6.07) is 5.26. The highest BCUT2D eigenvalue weighted by Crippen LogP contribution is 2.34. The van der Waals surface area contributed by atoms with E-state index in [-0.39, 0.29) is 5.78 Å². The molecule has 6 heteroatoms. The summed E-state index contributed by atoms with van der Waals surface area (Å²) in [7, 11) is 0. The first-order valence-electron chi connectivity index (χ1n) is 4.41. The largest absolute Gasteiger partial charge is 0.295 e. The van der Waals surface area contributed by atoms with Gasteiger partial charge in [-0.1, -0.05) is 40.8 Å². The molecular formula is C10H7ClN2OS2. The Balaban J connectivity index is 2.26. The summed E-state index contributed by atoms with van der Waals surface area (Å²) >= 11 is 8.97. The Hall–Kier alpha value is -0.910. The van der Waals surface area contributed by atoms with Crippen LogP contribution in [0.1, 0.15) is 17.3 Å². The lowest BCUT2D eigenvalue weighted by Crippen LogP contribution is -1.91. The van der Waals surface area contributed by atoms with E-state index in [0.29, 0.717) is 10.6 Å². The molecule has 0 aliphatic rings. The number of aromatic nitrogens is 2. The number of hydrogen-bond donors (Lipinski definition) is 0. The molecule has 0 amide bonds. The molecule has 0 saturated carbocycles. The van der Waals surface area contributed by atoms with Gasteiger partial charge in [0.2, 0.25) is 0 Å². The maximum atomic E-state index is 11.1. The van der Waals surface area contributed by atoms with Gasteiger partial charge in [-0.3, -0.25) is 4.79 Å². The van der Waals surface area contributed by atoms with Crippen molar-refractivity contribution in [3.63, 3.8) is 0 Å². The van der Waals surface area contributed by atoms with Gasteiger partial charge >= 0.3 is 0 Å². The smallest absolute Gasteiger partial charge is 0.178 e. The molecule has 0 atom stereocenters. The fourth-order valence-corrected chi connectivity index (χ4v) is 2.84. The second-order valence-electron chi connectivity index (χ2n) is 3.01. The van der Waals surface area contributed by atoms with Crippen molar-refractivity contribution in [1.82, 2.24) is 10.2 Å². The van der Waals surface area contributed by atoms with Gasteiger partial charge in [-0.2, -0.15) is 0 Å². The third kappa shape index (κ3) is 2.61. The minimum atomic E-state index is 0.00867. The number of halogens is 1. The van der Waals surface area contributed by atoms with Gasteiger partial charge in [-0.25, -0.2) is 0 Å². The first kappa shape index (κ1) is 11.6. The van der Waals surface area contributed by atoms with Crippen LogP contribution >= 0.6 is 34.7 Å². The lowest BCUT2D eigenvalue weighted by molar-refractivity contribution is 0.101. The quantitative estimate of drug-likeness (QED) is 0.800. The topological polar surface area (TPSA) is 42.9 Å². The molecule has 0 radical (unpaired) electrons. The zero-order valence-electron chi connectivity index (χ0n) is 8.31. The fourth-order valence-electron chi connectivity index (χ4n) is 1.10. The predicted octanol–water partition coefficient (Wildman–Crippen LogP) is 3.55. The molecule has 82 valence electrons. The maximum absolute atomic E-state index is 11.1. The predicted molar refractivity (Wildman–Crippen MR) is 65.5 cm³/mol. The SMILES string of the molecule is CC(=O)c1ccc(Sc2nncs2)c(Cl)c1. The third-order valence-corrected chi connectivity index (χ3v) is 4.15. The lowest BCUT2D eigenvalue weighted by Gasteiger charge is -2.02. The molecule has 3 nitrogen and oxygen atoms in total. The van der Waals surface area contributed by atoms with Crippen LogP contribution in [0.4, 0.5) is 0 Å². The standard InChI is InChI=1S/C10H7ClN2OS2/c1-6(14)7-2-3-9(8(11)4-7)16-10-13-12-5-15-10/h2-5H,1H3. The lowest BCUT2D eigenvalue weighted by atomic mass is 10.1. The van der Waals surface area contributed by atoms with Crippen molar-refractivity contribution < 1.29 is 4.79 Å². The van der Waals surface area contributed by atoms with E-state index < -0.39 is 0 Å². The number of hydrogen-bond acceptors (Lipinski definition) is 5. The second-order valence-corrected chi connectivity index (χ2v) is 5.54. The van der Waals surface area contributed by atoms with E-state index in [1.807, 2.05) is 6.07 Å². The van der Waals surface area contributed by atoms with Gasteiger partial charge in [0.1, 0.15) is 5.51 Å². The van der Waals surface area contributed by atoms with Crippen molar-refractivity contribution in [2.45, 2.75) is 16.2 Å². The zero-order chi connectivity index (χ0) is 11.5. The van der Waals surface area contributed by atoms with Crippen molar-refractivity contribution in [2.75, 3.05) is 0 Å². The molecule has 1 aromatic heterocycles. The van der Waals surface area contributed by atoms with Crippen molar-refractivity contribution in [3.8, 4) is 0 Å². The summed E-state index contributed by atoms with van der Waals surface area (Å²) in [5, 5.41) is 8.22. The molecule has 0 aliphatic carbocycles. The molecule has 0 unspecified atom stereocenters. The Morgan fingerprint density at radius 3 is 2.88 bits per heavy atom. The molecule has 0 N–H and O–H groups in total. The van der Waals surface area contributed by atoms with E-state index in [9.17, 15) is 4.79 Å². The first-order valence-corrected chi connectivity index (χ1v) is 6.49. The summed E-state index contributed by atoms with van der Waals surface area (Å²) < 4.78 is 0.831. The number of ketones is 1. The average Bonchev–Trinajstić information content (AvgIpc) is 2.73. The van der Waals surface area contributed by atoms with E-state index in [0.717, 1.165) is 9.24 Å². The Morgan fingerprint density at radius 2 is 2.31 bits per heavy atom. The fraction of sp³-hybridized carbons (Fsp3) is 0.100. The van der Waals surface area contributed by atoms with Crippen LogP contribution in [0.2, 0.25) is 5.02 Å². The van der Waals surface area contributed by atoms with Gasteiger partial charge in [0.15, 0.2) is 10.1 Å². The van der Waals surface area contributed by atoms with Crippen LogP contribution in [-0.4, -0.2) is 16.0 Å². The molecule has 0 spiro atoms. The summed E-state index contributed by atoms with van der Waals surface area (Å²) in [4.78, 5) is 12.0. The highest BCUT2D eigenvalue weighted by atomic mass is 35.5. The van der Waals surface area contributed by atoms with Crippen molar-refractivity contribution in [2.24, 2.45) is 0 Å². The number of carbonyl (C=O) groups is 1. The molecule has 0 aliphatic heterocycles. The Morgan fingerprint density at radius 1 is 1.50 bits per heavy atom. The monoisotopic (exact) mass is 270 g/mol. The molecule has 0 bridgehead atoms. The van der Waals surface area contributed by atoms with Crippen molar-refractivity contribution >= 4 is 40.5 Å². The number of Topliss-reactive ketones (excluding diaryl/α,β-unsaturated/α-hetero) is 1. The molecule has 2 aromatic rings. The van der Waals surface area contributed by atoms with Gasteiger partial charge in [0.25, 0.3) is 0 Å². The van der Waals surface area contributed by atoms with E-state index in [2.05, 4.69) is 10.2 Å². The highest BCUT2D eigenvalue weighted by Gasteiger charge is 2.08. The molecule has 0 saturated heterocycles. The van der Waals surface area contributed by atoms with E-state index >= 15 is 0 Å².